The van der Waals surface area contributed by atoms with Crippen molar-refractivity contribution in [3.8, 4) is 0 Å². The zero-order valence-corrected chi connectivity index (χ0v) is 13.3. The van der Waals surface area contributed by atoms with Crippen LogP contribution in [-0.4, -0.2) is 61.0 Å². The van der Waals surface area contributed by atoms with Gasteiger partial charge in [-0.3, -0.25) is 9.59 Å². The van der Waals surface area contributed by atoms with Crippen LogP contribution in [-0.2, 0) is 24.0 Å². The number of carbonyl (C=O) groups is 5. The Morgan fingerprint density at radius 2 is 1.23 bits per heavy atom. The summed E-state index contributed by atoms with van der Waals surface area (Å²) in [6, 6.07) is 0. The summed E-state index contributed by atoms with van der Waals surface area (Å²) < 4.78 is 0. The van der Waals surface area contributed by atoms with Gasteiger partial charge in [0.05, 0.1) is 18.8 Å². The molecule has 0 aliphatic rings. The number of hydrogen-bond acceptors (Lipinski definition) is 7. The molecule has 0 heterocycles. The number of carbonyl (C=O) groups excluding carboxylic acids is 1. The first kappa shape index (κ1) is 25.0. The molecule has 0 amide bonds. The van der Waals surface area contributed by atoms with Gasteiger partial charge < -0.3 is 35.4 Å². The van der Waals surface area contributed by atoms with E-state index in [0.717, 1.165) is 0 Å². The van der Waals surface area contributed by atoms with Crippen LogP contribution in [0.3, 0.4) is 0 Å². The van der Waals surface area contributed by atoms with Crippen molar-refractivity contribution in [3.63, 3.8) is 0 Å². The third kappa shape index (κ3) is 14.5. The molecule has 0 atom stereocenters. The van der Waals surface area contributed by atoms with E-state index in [1.165, 1.54) is 0 Å². The van der Waals surface area contributed by atoms with Crippen LogP contribution in [0.25, 0.3) is 0 Å². The largest absolute Gasteiger partial charge is 1.00 e. The van der Waals surface area contributed by atoms with Crippen molar-refractivity contribution in [3.05, 3.63) is 12.2 Å². The maximum Gasteiger partial charge on any atom is 1.00 e. The van der Waals surface area contributed by atoms with Crippen LogP contribution in [0.1, 0.15) is 12.8 Å². The van der Waals surface area contributed by atoms with Crippen molar-refractivity contribution in [1.29, 1.82) is 0 Å². The number of aliphatic hydroxyl groups is 1. The minimum absolute atomic E-state index is 0. The van der Waals surface area contributed by atoms with Crippen molar-refractivity contribution in [2.75, 3.05) is 0 Å². The predicted molar refractivity (Wildman–Crippen MR) is 58.9 cm³/mol. The van der Waals surface area contributed by atoms with Gasteiger partial charge in [0.1, 0.15) is 0 Å². The van der Waals surface area contributed by atoms with Gasteiger partial charge in [0.15, 0.2) is 5.60 Å². The fourth-order valence-corrected chi connectivity index (χ4v) is 0.853. The number of hydrogen-bond donors (Lipinski definition) is 5. The minimum atomic E-state index is -2.74. The van der Waals surface area contributed by atoms with Crippen LogP contribution in [0.4, 0.5) is 0 Å². The second-order valence-corrected chi connectivity index (χ2v) is 3.47. The summed E-state index contributed by atoms with van der Waals surface area (Å²) in [7, 11) is 0. The van der Waals surface area contributed by atoms with Crippen molar-refractivity contribution in [2.45, 2.75) is 18.4 Å². The molecule has 5 N–H and O–H groups in total. The Hall–Kier alpha value is -1.95. The van der Waals surface area contributed by atoms with E-state index in [9.17, 15) is 29.1 Å². The topological polar surface area (TPSA) is 210 Å². The van der Waals surface area contributed by atoms with E-state index in [-0.39, 0.29) is 29.6 Å². The molecule has 0 rings (SSSR count). The molecule has 0 bridgehead atoms. The van der Waals surface area contributed by atoms with Gasteiger partial charge in [-0.2, -0.15) is 0 Å². The second-order valence-electron chi connectivity index (χ2n) is 3.47. The Labute approximate surface area is 144 Å². The number of rotatable bonds is 7. The molecule has 0 unspecified atom stereocenters. The summed E-state index contributed by atoms with van der Waals surface area (Å²) in [5.74, 6) is -7.82. The van der Waals surface area contributed by atoms with E-state index in [0.29, 0.717) is 12.2 Å². The summed E-state index contributed by atoms with van der Waals surface area (Å²) in [5, 5.41) is 51.0. The monoisotopic (exact) mass is 330 g/mol. The smallest absolute Gasteiger partial charge is 0.545 e. The van der Waals surface area contributed by atoms with Crippen molar-refractivity contribution < 1.29 is 84.2 Å². The molecule has 0 saturated heterocycles. The SMILES string of the molecule is O=C(O)CC(O)(CC(=O)O)C(=O)O.O=C([O-])C=CC(=O)O.[Na+]. The molecule has 0 aliphatic heterocycles. The Bertz CT molecular complexity index is 435. The fraction of sp³-hybridized carbons (Fsp3) is 0.300. The molecule has 12 heteroatoms. The van der Waals surface area contributed by atoms with E-state index < -0.39 is 48.3 Å². The predicted octanol–water partition coefficient (Wildman–Crippen LogP) is -5.87. The molecule has 0 aromatic rings. The maximum absolute atomic E-state index is 10.3. The molecule has 11 nitrogen and oxygen atoms in total. The third-order valence-electron chi connectivity index (χ3n) is 1.65. The van der Waals surface area contributed by atoms with Gasteiger partial charge in [0.2, 0.25) is 0 Å². The van der Waals surface area contributed by atoms with Crippen LogP contribution < -0.4 is 34.7 Å². The van der Waals surface area contributed by atoms with E-state index in [2.05, 4.69) is 0 Å². The van der Waals surface area contributed by atoms with Crippen LogP contribution in [0, 0.1) is 0 Å². The molecule has 0 radical (unpaired) electrons. The number of carboxylic acids is 5. The fourth-order valence-electron chi connectivity index (χ4n) is 0.853. The molecule has 0 spiro atoms. The van der Waals surface area contributed by atoms with E-state index in [1.54, 1.807) is 0 Å². The zero-order chi connectivity index (χ0) is 17.2. The molecule has 0 aliphatic carbocycles. The van der Waals surface area contributed by atoms with Gasteiger partial charge in [0, 0.05) is 6.08 Å². The zero-order valence-electron chi connectivity index (χ0n) is 11.3. The second kappa shape index (κ2) is 11.7. The van der Waals surface area contributed by atoms with Gasteiger partial charge in [0.25, 0.3) is 0 Å². The summed E-state index contributed by atoms with van der Waals surface area (Å²) in [6.45, 7) is 0. The Morgan fingerprint density at radius 1 is 0.864 bits per heavy atom. The van der Waals surface area contributed by atoms with Crippen LogP contribution >= 0.6 is 0 Å². The van der Waals surface area contributed by atoms with Gasteiger partial charge >= 0.3 is 53.4 Å². The van der Waals surface area contributed by atoms with Crippen LogP contribution in [0.2, 0.25) is 0 Å². The molecular formula is C10H11NaO11. The van der Waals surface area contributed by atoms with Crippen LogP contribution in [0.15, 0.2) is 12.2 Å². The first-order valence-electron chi connectivity index (χ1n) is 4.92. The molecule has 22 heavy (non-hydrogen) atoms. The average Bonchev–Trinajstić information content (AvgIpc) is 2.24. The van der Waals surface area contributed by atoms with E-state index in [1.807, 2.05) is 0 Å². The van der Waals surface area contributed by atoms with Gasteiger partial charge in [-0.05, 0) is 6.08 Å². The molecule has 0 aromatic heterocycles. The molecular weight excluding hydrogens is 319 g/mol. The Morgan fingerprint density at radius 3 is 1.36 bits per heavy atom. The van der Waals surface area contributed by atoms with Crippen molar-refractivity contribution in [1.82, 2.24) is 0 Å². The standard InChI is InChI=1S/C6H8O7.C4H4O4.Na/c7-3(8)1-6(13,5(11)12)2-4(9)10;5-3(6)1-2-4(7)8;/h13H,1-2H2,(H,7,8)(H,9,10)(H,11,12);1-2H,(H,5,6)(H,7,8);/q;;+1/p-1. The quantitative estimate of drug-likeness (QED) is 0.219. The summed E-state index contributed by atoms with van der Waals surface area (Å²) >= 11 is 0. The van der Waals surface area contributed by atoms with Gasteiger partial charge in [-0.25, -0.2) is 9.59 Å². The minimum Gasteiger partial charge on any atom is -0.545 e. The molecule has 118 valence electrons. The number of aliphatic carboxylic acids is 5. The van der Waals surface area contributed by atoms with Gasteiger partial charge in [-0.1, -0.05) is 0 Å². The van der Waals surface area contributed by atoms with Crippen molar-refractivity contribution in [2.24, 2.45) is 0 Å². The Kier molecular flexibility index (Phi) is 13.3. The normalized spacial score (nSPS) is 9.86. The first-order chi connectivity index (χ1) is 9.40. The summed E-state index contributed by atoms with van der Waals surface area (Å²) in [4.78, 5) is 49.5. The number of carboxylic acid groups (broad SMARTS) is 5. The van der Waals surface area contributed by atoms with Crippen LogP contribution in [0.5, 0.6) is 0 Å². The maximum atomic E-state index is 10.3. The molecule has 0 aromatic carbocycles. The average molecular weight is 330 g/mol. The van der Waals surface area contributed by atoms with E-state index in [4.69, 9.17) is 25.5 Å². The van der Waals surface area contributed by atoms with Crippen molar-refractivity contribution >= 4 is 29.8 Å². The molecule has 0 fully saturated rings. The van der Waals surface area contributed by atoms with E-state index >= 15 is 0 Å². The first-order valence-corrected chi connectivity index (χ1v) is 4.92. The third-order valence-corrected chi connectivity index (χ3v) is 1.65. The molecule has 0 saturated carbocycles. The van der Waals surface area contributed by atoms with Gasteiger partial charge in [-0.15, -0.1) is 0 Å². The summed E-state index contributed by atoms with van der Waals surface area (Å²) in [6.07, 6.45) is -1.35. The summed E-state index contributed by atoms with van der Waals surface area (Å²) in [5.41, 5.74) is -2.74. The Balaban J connectivity index is -0.000000348.